The molecule has 0 spiro atoms. The molecule has 90 valence electrons. The topological polar surface area (TPSA) is 38.1 Å². The van der Waals surface area contributed by atoms with Crippen LogP contribution in [0.15, 0.2) is 30.5 Å². The van der Waals surface area contributed by atoms with E-state index >= 15 is 0 Å². The van der Waals surface area contributed by atoms with Crippen molar-refractivity contribution in [2.45, 2.75) is 13.0 Å². The monoisotopic (exact) mass is 258 g/mol. The molecule has 0 aliphatic rings. The van der Waals surface area contributed by atoms with Crippen molar-refractivity contribution in [3.63, 3.8) is 0 Å². The van der Waals surface area contributed by atoms with Gasteiger partial charge >= 0.3 is 0 Å². The molecule has 0 saturated heterocycles. The first-order chi connectivity index (χ1) is 8.13. The average Bonchev–Trinajstić information content (AvgIpc) is 2.73. The van der Waals surface area contributed by atoms with E-state index in [1.807, 2.05) is 0 Å². The first-order valence-corrected chi connectivity index (χ1v) is 5.23. The predicted octanol–water partition coefficient (Wildman–Crippen LogP) is 2.96. The van der Waals surface area contributed by atoms with Crippen molar-refractivity contribution in [3.8, 4) is 5.69 Å². The van der Waals surface area contributed by atoms with Gasteiger partial charge in [0, 0.05) is 10.6 Å². The Morgan fingerprint density at radius 3 is 2.47 bits per heavy atom. The Morgan fingerprint density at radius 1 is 1.29 bits per heavy atom. The summed E-state index contributed by atoms with van der Waals surface area (Å²) in [5.74, 6) is 0. The minimum atomic E-state index is -2.70. The van der Waals surface area contributed by atoms with Crippen molar-refractivity contribution in [3.05, 3.63) is 46.7 Å². The van der Waals surface area contributed by atoms with Gasteiger partial charge in [0.2, 0.25) is 0 Å². The second-order valence-corrected chi connectivity index (χ2v) is 3.84. The number of rotatable bonds is 3. The van der Waals surface area contributed by atoms with Crippen LogP contribution in [0, 0.1) is 0 Å². The van der Waals surface area contributed by atoms with Crippen molar-refractivity contribution in [1.29, 1.82) is 0 Å². The maximum Gasteiger partial charge on any atom is 0.280 e. The fourth-order valence-corrected chi connectivity index (χ4v) is 1.66. The molecule has 1 aromatic heterocycles. The van der Waals surface area contributed by atoms with Crippen LogP contribution in [0.25, 0.3) is 5.69 Å². The number of aromatic nitrogens is 2. The van der Waals surface area contributed by atoms with Crippen LogP contribution in [0.5, 0.6) is 0 Å². The first-order valence-electron chi connectivity index (χ1n) is 4.85. The van der Waals surface area contributed by atoms with Gasteiger partial charge in [-0.1, -0.05) is 11.6 Å². The molecular weight excluding hydrogens is 250 g/mol. The Hall–Kier alpha value is -1.46. The molecule has 0 fully saturated rings. The van der Waals surface area contributed by atoms with Crippen LogP contribution in [0.1, 0.15) is 17.7 Å². The highest BCUT2D eigenvalue weighted by Gasteiger charge is 2.20. The maximum atomic E-state index is 12.9. The standard InChI is InChI=1S/C11H9ClF2N2O/c12-8-1-3-9(4-2-8)16-10(11(13)14)7(6-17)5-15-16/h1-5,11,17H,6H2. The highest BCUT2D eigenvalue weighted by Crippen LogP contribution is 2.26. The maximum absolute atomic E-state index is 12.9. The van der Waals surface area contributed by atoms with E-state index in [1.165, 1.54) is 6.20 Å². The van der Waals surface area contributed by atoms with E-state index in [-0.39, 0.29) is 11.3 Å². The Morgan fingerprint density at radius 2 is 1.94 bits per heavy atom. The molecule has 1 heterocycles. The Kier molecular flexibility index (Phi) is 3.40. The average molecular weight is 259 g/mol. The lowest BCUT2D eigenvalue weighted by Crippen LogP contribution is -2.04. The zero-order valence-electron chi connectivity index (χ0n) is 8.65. The third-order valence-electron chi connectivity index (χ3n) is 2.33. The fraction of sp³-hybridized carbons (Fsp3) is 0.182. The van der Waals surface area contributed by atoms with Crippen LogP contribution < -0.4 is 0 Å². The van der Waals surface area contributed by atoms with Crippen LogP contribution in [0.4, 0.5) is 8.78 Å². The predicted molar refractivity (Wildman–Crippen MR) is 59.5 cm³/mol. The smallest absolute Gasteiger partial charge is 0.280 e. The van der Waals surface area contributed by atoms with Crippen molar-refractivity contribution < 1.29 is 13.9 Å². The highest BCUT2D eigenvalue weighted by atomic mass is 35.5. The van der Waals surface area contributed by atoms with Gasteiger partial charge < -0.3 is 5.11 Å². The SMILES string of the molecule is OCc1cnn(-c2ccc(Cl)cc2)c1C(F)F. The molecule has 2 rings (SSSR count). The largest absolute Gasteiger partial charge is 0.392 e. The summed E-state index contributed by atoms with van der Waals surface area (Å²) in [4.78, 5) is 0. The minimum absolute atomic E-state index is 0.120. The molecule has 0 bridgehead atoms. The molecule has 0 saturated carbocycles. The van der Waals surface area contributed by atoms with E-state index in [0.717, 1.165) is 4.68 Å². The molecule has 0 amide bonds. The molecule has 0 aliphatic heterocycles. The molecular formula is C11H9ClF2N2O. The second kappa shape index (κ2) is 4.81. The lowest BCUT2D eigenvalue weighted by atomic mass is 10.2. The summed E-state index contributed by atoms with van der Waals surface area (Å²) < 4.78 is 26.9. The third kappa shape index (κ3) is 2.30. The van der Waals surface area contributed by atoms with Gasteiger partial charge in [-0.2, -0.15) is 5.10 Å². The third-order valence-corrected chi connectivity index (χ3v) is 2.59. The summed E-state index contributed by atoms with van der Waals surface area (Å²) in [6, 6.07) is 6.35. The van der Waals surface area contributed by atoms with Crippen LogP contribution in [0.2, 0.25) is 5.02 Å². The molecule has 0 unspecified atom stereocenters. The summed E-state index contributed by atoms with van der Waals surface area (Å²) in [6.07, 6.45) is -1.47. The summed E-state index contributed by atoms with van der Waals surface area (Å²) in [6.45, 7) is -0.465. The quantitative estimate of drug-likeness (QED) is 0.919. The van der Waals surface area contributed by atoms with Crippen molar-refractivity contribution >= 4 is 11.6 Å². The van der Waals surface area contributed by atoms with E-state index in [9.17, 15) is 8.78 Å². The highest BCUT2D eigenvalue weighted by molar-refractivity contribution is 6.30. The van der Waals surface area contributed by atoms with Gasteiger partial charge in [-0.15, -0.1) is 0 Å². The van der Waals surface area contributed by atoms with Gasteiger partial charge in [0.05, 0.1) is 18.5 Å². The molecule has 3 nitrogen and oxygen atoms in total. The van der Waals surface area contributed by atoms with Gasteiger partial charge in [-0.25, -0.2) is 13.5 Å². The Labute approximate surface area is 101 Å². The molecule has 1 N–H and O–H groups in total. The molecule has 0 radical (unpaired) electrons. The molecule has 2 aromatic rings. The van der Waals surface area contributed by atoms with Crippen molar-refractivity contribution in [2.75, 3.05) is 0 Å². The molecule has 1 aromatic carbocycles. The molecule has 6 heteroatoms. The number of benzene rings is 1. The molecule has 0 aliphatic carbocycles. The summed E-state index contributed by atoms with van der Waals surface area (Å²) in [7, 11) is 0. The lowest BCUT2D eigenvalue weighted by Gasteiger charge is -2.08. The van der Waals surface area contributed by atoms with E-state index in [4.69, 9.17) is 16.7 Å². The van der Waals surface area contributed by atoms with E-state index < -0.39 is 13.0 Å². The van der Waals surface area contributed by atoms with Crippen LogP contribution in [0.3, 0.4) is 0 Å². The molecule has 17 heavy (non-hydrogen) atoms. The number of nitrogens with zero attached hydrogens (tertiary/aromatic N) is 2. The van der Waals surface area contributed by atoms with Gasteiger partial charge in [0.25, 0.3) is 6.43 Å². The van der Waals surface area contributed by atoms with Gasteiger partial charge in [-0.05, 0) is 24.3 Å². The van der Waals surface area contributed by atoms with Gasteiger partial charge in [-0.3, -0.25) is 0 Å². The summed E-state index contributed by atoms with van der Waals surface area (Å²) >= 11 is 5.72. The number of aliphatic hydroxyl groups excluding tert-OH is 1. The lowest BCUT2D eigenvalue weighted by molar-refractivity contribution is 0.138. The van der Waals surface area contributed by atoms with E-state index in [0.29, 0.717) is 10.7 Å². The van der Waals surface area contributed by atoms with Crippen LogP contribution in [-0.2, 0) is 6.61 Å². The summed E-state index contributed by atoms with van der Waals surface area (Å²) in [5, 5.41) is 13.3. The number of aliphatic hydroxyl groups is 1. The first kappa shape index (κ1) is 12.0. The van der Waals surface area contributed by atoms with Crippen molar-refractivity contribution in [2.24, 2.45) is 0 Å². The van der Waals surface area contributed by atoms with E-state index in [1.54, 1.807) is 24.3 Å². The zero-order chi connectivity index (χ0) is 12.4. The second-order valence-electron chi connectivity index (χ2n) is 3.40. The number of hydrogen-bond acceptors (Lipinski definition) is 2. The zero-order valence-corrected chi connectivity index (χ0v) is 9.40. The van der Waals surface area contributed by atoms with Crippen molar-refractivity contribution in [1.82, 2.24) is 9.78 Å². The van der Waals surface area contributed by atoms with Crippen LogP contribution >= 0.6 is 11.6 Å². The van der Waals surface area contributed by atoms with Crippen LogP contribution in [-0.4, -0.2) is 14.9 Å². The summed E-state index contributed by atoms with van der Waals surface area (Å²) in [5.41, 5.74) is 0.300. The fourth-order valence-electron chi connectivity index (χ4n) is 1.53. The normalized spacial score (nSPS) is 11.1. The van der Waals surface area contributed by atoms with E-state index in [2.05, 4.69) is 5.10 Å². The number of hydrogen-bond donors (Lipinski definition) is 1. The number of halogens is 3. The number of alkyl halides is 2. The Bertz CT molecular complexity index is 511. The van der Waals surface area contributed by atoms with Gasteiger partial charge in [0.1, 0.15) is 5.69 Å². The minimum Gasteiger partial charge on any atom is -0.392 e. The molecule has 0 atom stereocenters. The van der Waals surface area contributed by atoms with Gasteiger partial charge in [0.15, 0.2) is 0 Å². The Balaban J connectivity index is 2.51.